The number of nitrogens with zero attached hydrogens (tertiary/aromatic N) is 1. The normalized spacial score (nSPS) is 12.7. The molecule has 1 nitrogen and oxygen atoms in total. The minimum atomic E-state index is -2.77. The third-order valence-electron chi connectivity index (χ3n) is 5.82. The number of benzene rings is 4. The van der Waals surface area contributed by atoms with Crippen LogP contribution in [0.25, 0.3) is 0 Å². The van der Waals surface area contributed by atoms with E-state index < -0.39 is 4.25 Å². The Morgan fingerprint density at radius 2 is 0.933 bits per heavy atom. The second kappa shape index (κ2) is 8.53. The first kappa shape index (κ1) is 21.1. The standard InChI is InChI=1S/C27H27INP/c1-29(2)24-20-18-23(19-21-24)22-30(28,25-12-6-3-7-13-25,26-14-8-4-9-15-26)27-16-10-5-11-17-27/h3-21H,22H2,1-2H3. The zero-order valence-electron chi connectivity index (χ0n) is 17.4. The van der Waals surface area contributed by atoms with Crippen LogP contribution in [0.5, 0.6) is 0 Å². The van der Waals surface area contributed by atoms with Gasteiger partial charge in [0.25, 0.3) is 0 Å². The van der Waals surface area contributed by atoms with Gasteiger partial charge in [0.05, 0.1) is 0 Å². The molecule has 0 unspecified atom stereocenters. The fourth-order valence-electron chi connectivity index (χ4n) is 4.18. The van der Waals surface area contributed by atoms with Crippen LogP contribution in [-0.2, 0) is 6.16 Å². The number of rotatable bonds is 6. The fourth-order valence-corrected chi connectivity index (χ4v) is 13.0. The number of halogens is 1. The molecule has 3 heteroatoms. The maximum atomic E-state index is 2.85. The van der Waals surface area contributed by atoms with Gasteiger partial charge in [0.15, 0.2) is 0 Å². The van der Waals surface area contributed by atoms with Gasteiger partial charge in [-0.15, -0.1) is 0 Å². The molecular weight excluding hydrogens is 496 g/mol. The van der Waals surface area contributed by atoms with Crippen LogP contribution in [0.3, 0.4) is 0 Å². The summed E-state index contributed by atoms with van der Waals surface area (Å²) in [5.41, 5.74) is 2.59. The van der Waals surface area contributed by atoms with E-state index >= 15 is 0 Å². The molecule has 0 atom stereocenters. The molecule has 4 aromatic rings. The molecule has 0 saturated carbocycles. The average molecular weight is 523 g/mol. The van der Waals surface area contributed by atoms with Crippen molar-refractivity contribution in [3.8, 4) is 0 Å². The van der Waals surface area contributed by atoms with Crippen molar-refractivity contribution >= 4 is 47.9 Å². The first-order valence-corrected chi connectivity index (χ1v) is 15.4. The van der Waals surface area contributed by atoms with E-state index in [1.165, 1.54) is 27.2 Å². The van der Waals surface area contributed by atoms with Crippen molar-refractivity contribution in [3.05, 3.63) is 121 Å². The van der Waals surface area contributed by atoms with E-state index in [4.69, 9.17) is 0 Å². The summed E-state index contributed by atoms with van der Waals surface area (Å²) in [4.78, 5) is 2.15. The first-order chi connectivity index (χ1) is 14.5. The molecule has 152 valence electrons. The second-order valence-electron chi connectivity index (χ2n) is 7.91. The predicted octanol–water partition coefficient (Wildman–Crippen LogP) is 6.13. The van der Waals surface area contributed by atoms with Gasteiger partial charge in [-0.2, -0.15) is 0 Å². The van der Waals surface area contributed by atoms with Crippen LogP contribution in [0.1, 0.15) is 5.56 Å². The van der Waals surface area contributed by atoms with Crippen LogP contribution in [0.15, 0.2) is 115 Å². The maximum absolute atomic E-state index is 2.85. The summed E-state index contributed by atoms with van der Waals surface area (Å²) in [5.74, 6) is 0. The van der Waals surface area contributed by atoms with Crippen LogP contribution in [0.2, 0.25) is 0 Å². The molecule has 0 aliphatic carbocycles. The molecule has 0 N–H and O–H groups in total. The molecule has 30 heavy (non-hydrogen) atoms. The van der Waals surface area contributed by atoms with Gasteiger partial charge in [0, 0.05) is 0 Å². The Balaban J connectivity index is 2.01. The summed E-state index contributed by atoms with van der Waals surface area (Å²) >= 11 is 2.85. The molecular formula is C27H27INP. The van der Waals surface area contributed by atoms with Crippen molar-refractivity contribution in [3.63, 3.8) is 0 Å². The van der Waals surface area contributed by atoms with Gasteiger partial charge in [-0.25, -0.2) is 0 Å². The van der Waals surface area contributed by atoms with Gasteiger partial charge in [0.2, 0.25) is 0 Å². The van der Waals surface area contributed by atoms with Crippen LogP contribution in [0.4, 0.5) is 5.69 Å². The quantitative estimate of drug-likeness (QED) is 0.217. The van der Waals surface area contributed by atoms with E-state index in [1.807, 2.05) is 0 Å². The summed E-state index contributed by atoms with van der Waals surface area (Å²) in [6.07, 6.45) is 0.984. The molecule has 0 heterocycles. The number of anilines is 1. The van der Waals surface area contributed by atoms with Crippen molar-refractivity contribution in [1.29, 1.82) is 0 Å². The molecule has 0 fully saturated rings. The Hall–Kier alpha value is -2.16. The summed E-state index contributed by atoms with van der Waals surface area (Å²) < 4.78 is -2.77. The summed E-state index contributed by atoms with van der Waals surface area (Å²) in [5, 5.41) is 4.24. The van der Waals surface area contributed by atoms with E-state index in [2.05, 4.69) is 156 Å². The zero-order valence-corrected chi connectivity index (χ0v) is 20.5. The van der Waals surface area contributed by atoms with Crippen molar-refractivity contribution in [1.82, 2.24) is 0 Å². The van der Waals surface area contributed by atoms with Crippen molar-refractivity contribution < 1.29 is 0 Å². The van der Waals surface area contributed by atoms with E-state index in [1.54, 1.807) is 0 Å². The Morgan fingerprint density at radius 1 is 0.567 bits per heavy atom. The molecule has 0 radical (unpaired) electrons. The predicted molar refractivity (Wildman–Crippen MR) is 144 cm³/mol. The van der Waals surface area contributed by atoms with E-state index in [9.17, 15) is 0 Å². The fraction of sp³-hybridized carbons (Fsp3) is 0.111. The monoisotopic (exact) mass is 523 g/mol. The van der Waals surface area contributed by atoms with Gasteiger partial charge in [-0.3, -0.25) is 0 Å². The van der Waals surface area contributed by atoms with Crippen LogP contribution in [0, 0.1) is 0 Å². The Bertz CT molecular complexity index is 995. The van der Waals surface area contributed by atoms with E-state index in [-0.39, 0.29) is 0 Å². The third kappa shape index (κ3) is 3.68. The van der Waals surface area contributed by atoms with Crippen LogP contribution < -0.4 is 20.8 Å². The zero-order chi connectivity index (χ0) is 21.1. The Labute approximate surface area is 193 Å². The SMILES string of the molecule is CN(C)c1ccc(CP(I)(c2ccccc2)(c2ccccc2)c2ccccc2)cc1. The van der Waals surface area contributed by atoms with E-state index in [0.717, 1.165) is 6.16 Å². The molecule has 0 amide bonds. The Kier molecular flexibility index (Phi) is 5.99. The van der Waals surface area contributed by atoms with Crippen molar-refractivity contribution in [2.24, 2.45) is 0 Å². The van der Waals surface area contributed by atoms with Gasteiger partial charge in [-0.1, -0.05) is 0 Å². The number of hydrogen-bond acceptors (Lipinski definition) is 1. The molecule has 0 bridgehead atoms. The molecule has 0 saturated heterocycles. The van der Waals surface area contributed by atoms with Gasteiger partial charge in [0.1, 0.15) is 0 Å². The summed E-state index contributed by atoms with van der Waals surface area (Å²) in [7, 11) is 4.18. The molecule has 0 aromatic heterocycles. The second-order valence-corrected chi connectivity index (χ2v) is 18.5. The first-order valence-electron chi connectivity index (χ1n) is 10.2. The van der Waals surface area contributed by atoms with Gasteiger partial charge < -0.3 is 0 Å². The molecule has 0 spiro atoms. The number of hydrogen-bond donors (Lipinski definition) is 0. The van der Waals surface area contributed by atoms with Crippen LogP contribution in [-0.4, -0.2) is 14.1 Å². The average Bonchev–Trinajstić information content (AvgIpc) is 2.81. The summed E-state index contributed by atoms with van der Waals surface area (Å²) in [6, 6.07) is 42.4. The van der Waals surface area contributed by atoms with Crippen molar-refractivity contribution in [2.75, 3.05) is 19.0 Å². The molecule has 4 aromatic carbocycles. The van der Waals surface area contributed by atoms with E-state index in [0.29, 0.717) is 0 Å². The molecule has 0 aliphatic rings. The molecule has 4 rings (SSSR count). The van der Waals surface area contributed by atoms with Crippen LogP contribution >= 0.6 is 26.3 Å². The molecule has 0 aliphatic heterocycles. The summed E-state index contributed by atoms with van der Waals surface area (Å²) in [6.45, 7) is 0. The third-order valence-corrected chi connectivity index (χ3v) is 16.9. The topological polar surface area (TPSA) is 3.24 Å². The minimum absolute atomic E-state index is 0.984. The van der Waals surface area contributed by atoms with Crippen molar-refractivity contribution in [2.45, 2.75) is 6.16 Å². The van der Waals surface area contributed by atoms with Gasteiger partial charge >= 0.3 is 194 Å². The van der Waals surface area contributed by atoms with Gasteiger partial charge in [-0.05, 0) is 0 Å². The Morgan fingerprint density at radius 3 is 1.27 bits per heavy atom.